The van der Waals surface area contributed by atoms with E-state index < -0.39 is 11.8 Å². The molecule has 0 aliphatic rings. The number of aromatic nitrogens is 1. The second-order valence-corrected chi connectivity index (χ2v) is 5.49. The van der Waals surface area contributed by atoms with Crippen LogP contribution < -0.4 is 11.2 Å². The van der Waals surface area contributed by atoms with Crippen molar-refractivity contribution in [3.05, 3.63) is 52.8 Å². The van der Waals surface area contributed by atoms with Crippen LogP contribution in [0.2, 0.25) is 0 Å². The first-order chi connectivity index (χ1) is 12.3. The first-order valence-electron chi connectivity index (χ1n) is 7.94. The molecule has 0 aliphatic carbocycles. The molecular formula is C18H20N4O4. The van der Waals surface area contributed by atoms with Crippen molar-refractivity contribution in [1.29, 1.82) is 0 Å². The summed E-state index contributed by atoms with van der Waals surface area (Å²) in [7, 11) is 0. The number of esters is 1. The summed E-state index contributed by atoms with van der Waals surface area (Å²) in [5.74, 6) is -2.45. The summed E-state index contributed by atoms with van der Waals surface area (Å²) in [5.41, 5.74) is 10.8. The third-order valence-corrected chi connectivity index (χ3v) is 3.70. The van der Waals surface area contributed by atoms with Gasteiger partial charge in [0.05, 0.1) is 18.4 Å². The maximum absolute atomic E-state index is 11.7. The van der Waals surface area contributed by atoms with Gasteiger partial charge in [0, 0.05) is 22.6 Å². The van der Waals surface area contributed by atoms with E-state index in [1.165, 1.54) is 6.21 Å². The summed E-state index contributed by atoms with van der Waals surface area (Å²) < 4.78 is 6.95. The Balaban J connectivity index is 2.24. The molecule has 0 unspecified atom stereocenters. The molecule has 0 fully saturated rings. The number of carbonyl (C=O) groups is 3. The van der Waals surface area contributed by atoms with Gasteiger partial charge in [-0.3, -0.25) is 9.59 Å². The van der Waals surface area contributed by atoms with Gasteiger partial charge in [-0.25, -0.2) is 10.2 Å². The maximum atomic E-state index is 11.7. The van der Waals surface area contributed by atoms with Crippen LogP contribution in [-0.2, 0) is 14.3 Å². The molecule has 1 heterocycles. The van der Waals surface area contributed by atoms with Crippen molar-refractivity contribution in [3.63, 3.8) is 0 Å². The van der Waals surface area contributed by atoms with Crippen LogP contribution >= 0.6 is 0 Å². The number of hydrogen-bond acceptors (Lipinski definition) is 5. The Hall–Kier alpha value is -3.42. The molecule has 8 nitrogen and oxygen atoms in total. The number of hydrogen-bond donors (Lipinski definition) is 2. The highest BCUT2D eigenvalue weighted by Crippen LogP contribution is 2.20. The molecule has 0 spiro atoms. The number of rotatable bonds is 5. The highest BCUT2D eigenvalue weighted by molar-refractivity contribution is 6.34. The summed E-state index contributed by atoms with van der Waals surface area (Å²) in [6.07, 6.45) is 1.44. The largest absolute Gasteiger partial charge is 0.462 e. The number of aryl methyl sites for hydroxylation is 1. The van der Waals surface area contributed by atoms with Crippen molar-refractivity contribution >= 4 is 24.0 Å². The minimum absolute atomic E-state index is 0.325. The number of amides is 2. The highest BCUT2D eigenvalue weighted by atomic mass is 16.5. The number of nitrogens with two attached hydrogens (primary N) is 1. The zero-order valence-corrected chi connectivity index (χ0v) is 14.8. The van der Waals surface area contributed by atoms with Gasteiger partial charge in [-0.2, -0.15) is 5.10 Å². The molecule has 2 rings (SSSR count). The summed E-state index contributed by atoms with van der Waals surface area (Å²) >= 11 is 0. The summed E-state index contributed by atoms with van der Waals surface area (Å²) in [6, 6.07) is 8.93. The van der Waals surface area contributed by atoms with Gasteiger partial charge in [-0.1, -0.05) is 0 Å². The molecule has 3 N–H and O–H groups in total. The lowest BCUT2D eigenvalue weighted by atomic mass is 10.2. The lowest BCUT2D eigenvalue weighted by molar-refractivity contribution is -0.137. The lowest BCUT2D eigenvalue weighted by Gasteiger charge is -2.10. The third kappa shape index (κ3) is 4.15. The Morgan fingerprint density at radius 2 is 1.88 bits per heavy atom. The van der Waals surface area contributed by atoms with E-state index in [1.807, 2.05) is 36.6 Å². The Morgan fingerprint density at radius 1 is 1.23 bits per heavy atom. The molecule has 2 amide bonds. The number of nitrogens with zero attached hydrogens (tertiary/aromatic N) is 2. The zero-order chi connectivity index (χ0) is 19.3. The number of carbonyl (C=O) groups excluding carboxylic acids is 3. The average molecular weight is 356 g/mol. The van der Waals surface area contributed by atoms with Crippen LogP contribution in [0.4, 0.5) is 0 Å². The SMILES string of the molecule is CCOC(=O)c1ccc(-n2c(C)cc(/C=N/NC(=O)C(N)=O)c2C)cc1. The molecule has 1 aromatic carbocycles. The van der Waals surface area contributed by atoms with Crippen molar-refractivity contribution in [3.8, 4) is 5.69 Å². The van der Waals surface area contributed by atoms with E-state index >= 15 is 0 Å². The van der Waals surface area contributed by atoms with Crippen molar-refractivity contribution < 1.29 is 19.1 Å². The fourth-order valence-corrected chi connectivity index (χ4v) is 2.49. The Morgan fingerprint density at radius 3 is 2.46 bits per heavy atom. The highest BCUT2D eigenvalue weighted by Gasteiger charge is 2.12. The quantitative estimate of drug-likeness (QED) is 0.362. The molecule has 0 saturated heterocycles. The van der Waals surface area contributed by atoms with E-state index in [0.717, 1.165) is 22.6 Å². The third-order valence-electron chi connectivity index (χ3n) is 3.70. The van der Waals surface area contributed by atoms with Crippen LogP contribution in [0.3, 0.4) is 0 Å². The molecule has 8 heteroatoms. The molecule has 0 atom stereocenters. The average Bonchev–Trinajstić information content (AvgIpc) is 2.89. The van der Waals surface area contributed by atoms with E-state index in [4.69, 9.17) is 10.5 Å². The van der Waals surface area contributed by atoms with Crippen LogP contribution in [0.1, 0.15) is 34.2 Å². The Kier molecular flexibility index (Phi) is 5.90. The number of ether oxygens (including phenoxy) is 1. The minimum Gasteiger partial charge on any atom is -0.462 e. The molecule has 0 bridgehead atoms. The van der Waals surface area contributed by atoms with Crippen molar-refractivity contribution in [2.45, 2.75) is 20.8 Å². The van der Waals surface area contributed by atoms with Crippen molar-refractivity contribution in [2.75, 3.05) is 6.61 Å². The topological polar surface area (TPSA) is 116 Å². The zero-order valence-electron chi connectivity index (χ0n) is 14.8. The van der Waals surface area contributed by atoms with Gasteiger partial charge < -0.3 is 15.0 Å². The van der Waals surface area contributed by atoms with Gasteiger partial charge >= 0.3 is 17.8 Å². The maximum Gasteiger partial charge on any atom is 0.338 e. The van der Waals surface area contributed by atoms with Crippen LogP contribution in [0.25, 0.3) is 5.69 Å². The number of benzene rings is 1. The monoisotopic (exact) mass is 356 g/mol. The Labute approximate surface area is 150 Å². The van der Waals surface area contributed by atoms with Crippen LogP contribution in [0, 0.1) is 13.8 Å². The number of hydrazone groups is 1. The summed E-state index contributed by atoms with van der Waals surface area (Å²) in [5, 5.41) is 3.73. The lowest BCUT2D eigenvalue weighted by Crippen LogP contribution is -2.32. The summed E-state index contributed by atoms with van der Waals surface area (Å²) in [4.78, 5) is 33.5. The van der Waals surface area contributed by atoms with E-state index in [0.29, 0.717) is 12.2 Å². The number of nitrogens with one attached hydrogen (secondary N) is 1. The molecule has 0 aliphatic heterocycles. The predicted molar refractivity (Wildman–Crippen MR) is 96.1 cm³/mol. The Bertz CT molecular complexity index is 866. The molecule has 0 radical (unpaired) electrons. The van der Waals surface area contributed by atoms with E-state index in [9.17, 15) is 14.4 Å². The van der Waals surface area contributed by atoms with Gasteiger partial charge in [0.25, 0.3) is 0 Å². The second-order valence-electron chi connectivity index (χ2n) is 5.49. The summed E-state index contributed by atoms with van der Waals surface area (Å²) in [6.45, 7) is 5.90. The van der Waals surface area contributed by atoms with Gasteiger partial charge in [0.2, 0.25) is 0 Å². The molecule has 2 aromatic rings. The van der Waals surface area contributed by atoms with Crippen LogP contribution in [0.5, 0.6) is 0 Å². The molecule has 26 heavy (non-hydrogen) atoms. The first-order valence-corrected chi connectivity index (χ1v) is 7.94. The number of primary amides is 1. The predicted octanol–water partition coefficient (Wildman–Crippen LogP) is 1.21. The second kappa shape index (κ2) is 8.11. The van der Waals surface area contributed by atoms with Gasteiger partial charge in [-0.05, 0) is 51.1 Å². The van der Waals surface area contributed by atoms with E-state index in [2.05, 4.69) is 10.5 Å². The minimum atomic E-state index is -1.10. The van der Waals surface area contributed by atoms with Gasteiger partial charge in [-0.15, -0.1) is 0 Å². The fraction of sp³-hybridized carbons (Fsp3) is 0.222. The van der Waals surface area contributed by atoms with Crippen LogP contribution in [0.15, 0.2) is 35.4 Å². The van der Waals surface area contributed by atoms with Gasteiger partial charge in [0.15, 0.2) is 0 Å². The smallest absolute Gasteiger partial charge is 0.338 e. The van der Waals surface area contributed by atoms with Gasteiger partial charge in [0.1, 0.15) is 0 Å². The first kappa shape index (κ1) is 18.9. The van der Waals surface area contributed by atoms with Crippen molar-refractivity contribution in [2.24, 2.45) is 10.8 Å². The van der Waals surface area contributed by atoms with E-state index in [1.54, 1.807) is 19.1 Å². The normalized spacial score (nSPS) is 10.7. The fourth-order valence-electron chi connectivity index (χ4n) is 2.49. The van der Waals surface area contributed by atoms with E-state index in [-0.39, 0.29) is 5.97 Å². The molecular weight excluding hydrogens is 336 g/mol. The van der Waals surface area contributed by atoms with Crippen molar-refractivity contribution in [1.82, 2.24) is 9.99 Å². The standard InChI is InChI=1S/C18H20N4O4/c1-4-26-18(25)13-5-7-15(8-6-13)22-11(2)9-14(12(22)3)10-20-21-17(24)16(19)23/h5-10H,4H2,1-3H3,(H2,19,23)(H,21,24)/b20-10+. The van der Waals surface area contributed by atoms with Crippen LogP contribution in [-0.4, -0.2) is 35.2 Å². The molecule has 1 aromatic heterocycles. The molecule has 0 saturated carbocycles. The molecule has 136 valence electrons.